The molecule has 1 N–H and O–H groups in total. The zero-order valence-electron chi connectivity index (χ0n) is 8.32. The van der Waals surface area contributed by atoms with Crippen LogP contribution in [0.1, 0.15) is 0 Å². The minimum atomic E-state index is 0.167. The van der Waals surface area contributed by atoms with Crippen LogP contribution < -0.4 is 9.47 Å². The van der Waals surface area contributed by atoms with Crippen LogP contribution in [-0.2, 0) is 0 Å². The lowest BCUT2D eigenvalue weighted by atomic mass is 10.3. The van der Waals surface area contributed by atoms with Crippen LogP contribution in [0.5, 0.6) is 11.5 Å². The molecule has 3 nitrogen and oxygen atoms in total. The van der Waals surface area contributed by atoms with Gasteiger partial charge in [-0.3, -0.25) is 0 Å². The number of rotatable bonds is 5. The molecule has 0 spiro atoms. The van der Waals surface area contributed by atoms with Crippen molar-refractivity contribution in [3.05, 3.63) is 18.2 Å². The summed E-state index contributed by atoms with van der Waals surface area (Å²) in [7, 11) is 3.24. The van der Waals surface area contributed by atoms with Crippen LogP contribution in [0.4, 0.5) is 0 Å². The fourth-order valence-electron chi connectivity index (χ4n) is 1.05. The highest BCUT2D eigenvalue weighted by Crippen LogP contribution is 2.32. The van der Waals surface area contributed by atoms with E-state index in [2.05, 4.69) is 0 Å². The fraction of sp³-hybridized carbons (Fsp3) is 0.400. The Morgan fingerprint density at radius 1 is 1.29 bits per heavy atom. The maximum Gasteiger partial charge on any atom is 0.136 e. The highest BCUT2D eigenvalue weighted by atomic mass is 32.2. The number of methoxy groups -OCH3 is 2. The fourth-order valence-corrected chi connectivity index (χ4v) is 1.81. The van der Waals surface area contributed by atoms with E-state index in [1.54, 1.807) is 26.0 Å². The molecular formula is C10H14O3S. The average Bonchev–Trinajstić information content (AvgIpc) is 2.26. The monoisotopic (exact) mass is 214 g/mol. The molecule has 0 bridgehead atoms. The van der Waals surface area contributed by atoms with Gasteiger partial charge in [-0.15, -0.1) is 11.8 Å². The van der Waals surface area contributed by atoms with Gasteiger partial charge in [0, 0.05) is 16.7 Å². The lowest BCUT2D eigenvalue weighted by Gasteiger charge is -2.08. The van der Waals surface area contributed by atoms with Crippen molar-refractivity contribution in [3.8, 4) is 11.5 Å². The largest absolute Gasteiger partial charge is 0.497 e. The second-order valence-electron chi connectivity index (χ2n) is 2.59. The first kappa shape index (κ1) is 11.2. The molecule has 0 heterocycles. The normalized spacial score (nSPS) is 9.93. The molecule has 0 fully saturated rings. The lowest BCUT2D eigenvalue weighted by molar-refractivity contribution is 0.322. The summed E-state index contributed by atoms with van der Waals surface area (Å²) >= 11 is 1.56. The second kappa shape index (κ2) is 5.78. The van der Waals surface area contributed by atoms with Crippen molar-refractivity contribution in [2.75, 3.05) is 26.6 Å². The van der Waals surface area contributed by atoms with E-state index < -0.39 is 0 Å². The summed E-state index contributed by atoms with van der Waals surface area (Å²) in [5.41, 5.74) is 0. The maximum absolute atomic E-state index is 8.71. The maximum atomic E-state index is 8.71. The van der Waals surface area contributed by atoms with Crippen molar-refractivity contribution in [1.29, 1.82) is 0 Å². The van der Waals surface area contributed by atoms with E-state index in [4.69, 9.17) is 14.6 Å². The van der Waals surface area contributed by atoms with Gasteiger partial charge in [0.15, 0.2) is 0 Å². The van der Waals surface area contributed by atoms with E-state index in [1.807, 2.05) is 18.2 Å². The van der Waals surface area contributed by atoms with Crippen molar-refractivity contribution in [2.45, 2.75) is 4.90 Å². The van der Waals surface area contributed by atoms with Crippen molar-refractivity contribution in [3.63, 3.8) is 0 Å². The third-order valence-electron chi connectivity index (χ3n) is 1.72. The molecule has 1 rings (SSSR count). The van der Waals surface area contributed by atoms with E-state index in [-0.39, 0.29) is 6.61 Å². The molecular weight excluding hydrogens is 200 g/mol. The van der Waals surface area contributed by atoms with Gasteiger partial charge in [-0.25, -0.2) is 0 Å². The number of hydrogen-bond acceptors (Lipinski definition) is 4. The number of benzene rings is 1. The number of hydrogen-bond donors (Lipinski definition) is 1. The molecule has 0 saturated carbocycles. The third-order valence-corrected chi connectivity index (χ3v) is 2.75. The zero-order valence-corrected chi connectivity index (χ0v) is 9.13. The van der Waals surface area contributed by atoms with E-state index in [9.17, 15) is 0 Å². The number of ether oxygens (including phenoxy) is 2. The molecule has 0 unspecified atom stereocenters. The Kier molecular flexibility index (Phi) is 4.62. The first-order valence-corrected chi connectivity index (χ1v) is 5.26. The Labute approximate surface area is 88.0 Å². The minimum Gasteiger partial charge on any atom is -0.497 e. The Morgan fingerprint density at radius 3 is 2.64 bits per heavy atom. The van der Waals surface area contributed by atoms with E-state index >= 15 is 0 Å². The summed E-state index contributed by atoms with van der Waals surface area (Å²) in [5, 5.41) is 8.71. The molecule has 14 heavy (non-hydrogen) atoms. The topological polar surface area (TPSA) is 38.7 Å². The zero-order chi connectivity index (χ0) is 10.4. The molecule has 78 valence electrons. The molecule has 1 aromatic rings. The predicted molar refractivity (Wildman–Crippen MR) is 57.4 cm³/mol. The van der Waals surface area contributed by atoms with Crippen LogP contribution in [0.15, 0.2) is 23.1 Å². The van der Waals surface area contributed by atoms with Crippen LogP contribution in [0.3, 0.4) is 0 Å². The van der Waals surface area contributed by atoms with E-state index in [0.717, 1.165) is 16.4 Å². The van der Waals surface area contributed by atoms with Crippen molar-refractivity contribution in [1.82, 2.24) is 0 Å². The summed E-state index contributed by atoms with van der Waals surface area (Å²) in [4.78, 5) is 1.02. The van der Waals surface area contributed by atoms with Crippen LogP contribution >= 0.6 is 11.8 Å². The Balaban J connectivity index is 2.82. The van der Waals surface area contributed by atoms with Gasteiger partial charge >= 0.3 is 0 Å². The number of aliphatic hydroxyl groups is 1. The van der Waals surface area contributed by atoms with Gasteiger partial charge < -0.3 is 14.6 Å². The molecule has 0 aliphatic carbocycles. The van der Waals surface area contributed by atoms with Gasteiger partial charge in [-0.05, 0) is 12.1 Å². The van der Waals surface area contributed by atoms with E-state index in [1.165, 1.54) is 0 Å². The molecule has 0 amide bonds. The first-order valence-electron chi connectivity index (χ1n) is 4.27. The standard InChI is InChI=1S/C10H14O3S/c1-12-8-3-4-10(14-6-5-11)9(7-8)13-2/h3-4,7,11H,5-6H2,1-2H3. The van der Waals surface area contributed by atoms with Crippen molar-refractivity contribution in [2.24, 2.45) is 0 Å². The SMILES string of the molecule is COc1ccc(SCCO)c(OC)c1. The van der Waals surface area contributed by atoms with Crippen LogP contribution in [0, 0.1) is 0 Å². The Morgan fingerprint density at radius 2 is 2.07 bits per heavy atom. The number of aliphatic hydroxyl groups excluding tert-OH is 1. The van der Waals surface area contributed by atoms with E-state index in [0.29, 0.717) is 5.75 Å². The molecule has 4 heteroatoms. The van der Waals surface area contributed by atoms with Gasteiger partial charge in [0.2, 0.25) is 0 Å². The van der Waals surface area contributed by atoms with Gasteiger partial charge in [0.05, 0.1) is 20.8 Å². The summed E-state index contributed by atoms with van der Waals surface area (Å²) < 4.78 is 10.3. The van der Waals surface area contributed by atoms with Gasteiger partial charge in [0.25, 0.3) is 0 Å². The first-order chi connectivity index (χ1) is 6.81. The smallest absolute Gasteiger partial charge is 0.136 e. The molecule has 0 saturated heterocycles. The summed E-state index contributed by atoms with van der Waals surface area (Å²) in [6.45, 7) is 0.167. The van der Waals surface area contributed by atoms with Crippen LogP contribution in [0.25, 0.3) is 0 Å². The average molecular weight is 214 g/mol. The highest BCUT2D eigenvalue weighted by molar-refractivity contribution is 7.99. The Hall–Kier alpha value is -0.870. The number of thioether (sulfide) groups is 1. The van der Waals surface area contributed by atoms with Crippen molar-refractivity contribution < 1.29 is 14.6 Å². The molecule has 0 aromatic heterocycles. The van der Waals surface area contributed by atoms with Crippen LogP contribution in [0.2, 0.25) is 0 Å². The molecule has 0 radical (unpaired) electrons. The summed E-state index contributed by atoms with van der Waals surface area (Å²) in [5.74, 6) is 2.22. The molecule has 1 aromatic carbocycles. The third kappa shape index (κ3) is 2.82. The summed E-state index contributed by atoms with van der Waals surface area (Å²) in [6.07, 6.45) is 0. The summed E-state index contributed by atoms with van der Waals surface area (Å²) in [6, 6.07) is 5.64. The highest BCUT2D eigenvalue weighted by Gasteiger charge is 2.04. The van der Waals surface area contributed by atoms with Crippen LogP contribution in [-0.4, -0.2) is 31.7 Å². The van der Waals surface area contributed by atoms with Gasteiger partial charge in [0.1, 0.15) is 11.5 Å². The Bertz CT molecular complexity index is 289. The quantitative estimate of drug-likeness (QED) is 0.758. The predicted octanol–water partition coefficient (Wildman–Crippen LogP) is 1.79. The van der Waals surface area contributed by atoms with Gasteiger partial charge in [-0.1, -0.05) is 0 Å². The molecule has 0 aliphatic rings. The molecule has 0 atom stereocenters. The van der Waals surface area contributed by atoms with Crippen molar-refractivity contribution >= 4 is 11.8 Å². The van der Waals surface area contributed by atoms with Gasteiger partial charge in [-0.2, -0.15) is 0 Å². The lowest BCUT2D eigenvalue weighted by Crippen LogP contribution is -1.91. The molecule has 0 aliphatic heterocycles. The second-order valence-corrected chi connectivity index (χ2v) is 3.73. The minimum absolute atomic E-state index is 0.167.